The molecule has 1 heterocycles. The fourth-order valence-corrected chi connectivity index (χ4v) is 1.78. The first-order valence-electron chi connectivity index (χ1n) is 5.85. The van der Waals surface area contributed by atoms with Crippen molar-refractivity contribution in [2.24, 2.45) is 0 Å². The van der Waals surface area contributed by atoms with Gasteiger partial charge in [-0.2, -0.15) is 0 Å². The van der Waals surface area contributed by atoms with Gasteiger partial charge in [0.25, 0.3) is 5.91 Å². The lowest BCUT2D eigenvalue weighted by Gasteiger charge is -2.21. The van der Waals surface area contributed by atoms with Crippen LogP contribution >= 0.6 is 0 Å². The van der Waals surface area contributed by atoms with Crippen LogP contribution in [0.3, 0.4) is 0 Å². The van der Waals surface area contributed by atoms with E-state index in [9.17, 15) is 9.59 Å². The van der Waals surface area contributed by atoms with Gasteiger partial charge < -0.3 is 26.4 Å². The van der Waals surface area contributed by atoms with Crippen molar-refractivity contribution in [2.45, 2.75) is 13.0 Å². The van der Waals surface area contributed by atoms with Gasteiger partial charge in [0.1, 0.15) is 11.8 Å². The van der Waals surface area contributed by atoms with Crippen LogP contribution in [0, 0.1) is 0 Å². The summed E-state index contributed by atoms with van der Waals surface area (Å²) >= 11 is 0. The highest BCUT2D eigenvalue weighted by Crippen LogP contribution is 2.35. The number of anilines is 3. The third-order valence-electron chi connectivity index (χ3n) is 2.80. The van der Waals surface area contributed by atoms with Gasteiger partial charge in [-0.25, -0.2) is 0 Å². The number of fused-ring (bicyclic) bond motifs is 1. The van der Waals surface area contributed by atoms with Crippen molar-refractivity contribution >= 4 is 28.9 Å². The molecule has 1 aliphatic rings. The second kappa shape index (κ2) is 5.05. The minimum atomic E-state index is -0.439. The molecule has 0 bridgehead atoms. The monoisotopic (exact) mass is 264 g/mol. The van der Waals surface area contributed by atoms with Gasteiger partial charge in [-0.15, -0.1) is 0 Å². The lowest BCUT2D eigenvalue weighted by molar-refractivity contribution is -0.121. The van der Waals surface area contributed by atoms with Gasteiger partial charge in [0.2, 0.25) is 5.91 Å². The van der Waals surface area contributed by atoms with Crippen LogP contribution in [0.25, 0.3) is 0 Å². The molecule has 2 rings (SSSR count). The maximum atomic E-state index is 11.5. The molecule has 1 atom stereocenters. The van der Waals surface area contributed by atoms with Crippen LogP contribution in [-0.2, 0) is 9.59 Å². The highest BCUT2D eigenvalue weighted by atomic mass is 16.5. The molecule has 0 radical (unpaired) electrons. The van der Waals surface area contributed by atoms with E-state index < -0.39 is 6.04 Å². The van der Waals surface area contributed by atoms with Crippen LogP contribution in [0.15, 0.2) is 12.1 Å². The van der Waals surface area contributed by atoms with E-state index in [4.69, 9.17) is 10.5 Å². The summed E-state index contributed by atoms with van der Waals surface area (Å²) in [5.41, 5.74) is 7.44. The van der Waals surface area contributed by atoms with Gasteiger partial charge in [-0.05, 0) is 13.0 Å². The van der Waals surface area contributed by atoms with E-state index in [0.717, 1.165) is 0 Å². The number of likely N-dealkylation sites (N-methyl/N-ethyl adjacent to an activating group) is 1. The summed E-state index contributed by atoms with van der Waals surface area (Å²) < 4.78 is 5.25. The minimum Gasteiger partial charge on any atom is -0.482 e. The van der Waals surface area contributed by atoms with Gasteiger partial charge in [0.15, 0.2) is 6.61 Å². The van der Waals surface area contributed by atoms with Crippen LogP contribution in [0.1, 0.15) is 6.92 Å². The average Bonchev–Trinajstić information content (AvgIpc) is 2.39. The quantitative estimate of drug-likeness (QED) is 0.581. The highest BCUT2D eigenvalue weighted by molar-refractivity contribution is 5.97. The van der Waals surface area contributed by atoms with Crippen LogP contribution in [0.2, 0.25) is 0 Å². The molecule has 102 valence electrons. The number of nitrogen functional groups attached to an aromatic ring is 1. The number of amides is 2. The van der Waals surface area contributed by atoms with Gasteiger partial charge in [0, 0.05) is 13.1 Å². The maximum Gasteiger partial charge on any atom is 0.262 e. The number of hydrogen-bond donors (Lipinski definition) is 4. The van der Waals surface area contributed by atoms with Gasteiger partial charge in [-0.1, -0.05) is 0 Å². The molecule has 1 aromatic carbocycles. The Bertz CT molecular complexity index is 530. The Morgan fingerprint density at radius 1 is 1.53 bits per heavy atom. The molecule has 19 heavy (non-hydrogen) atoms. The Labute approximate surface area is 110 Å². The Morgan fingerprint density at radius 2 is 2.26 bits per heavy atom. The number of ether oxygens (including phenoxy) is 1. The smallest absolute Gasteiger partial charge is 0.262 e. The van der Waals surface area contributed by atoms with Crippen LogP contribution in [0.5, 0.6) is 5.75 Å². The van der Waals surface area contributed by atoms with Crippen molar-refractivity contribution in [3.63, 3.8) is 0 Å². The van der Waals surface area contributed by atoms with Crippen molar-refractivity contribution in [2.75, 3.05) is 30.0 Å². The fourth-order valence-electron chi connectivity index (χ4n) is 1.78. The molecule has 1 aromatic rings. The average molecular weight is 264 g/mol. The van der Waals surface area contributed by atoms with Gasteiger partial charge >= 0.3 is 0 Å². The molecular formula is C12H16N4O3. The zero-order valence-electron chi connectivity index (χ0n) is 10.7. The van der Waals surface area contributed by atoms with E-state index in [1.54, 1.807) is 26.1 Å². The number of carbonyl (C=O) groups excluding carboxylic acids is 2. The summed E-state index contributed by atoms with van der Waals surface area (Å²) in [6.45, 7) is 1.70. The molecule has 1 aliphatic heterocycles. The van der Waals surface area contributed by atoms with E-state index in [1.165, 1.54) is 0 Å². The molecule has 0 fully saturated rings. The molecule has 5 N–H and O–H groups in total. The number of carbonyl (C=O) groups is 2. The largest absolute Gasteiger partial charge is 0.482 e. The van der Waals surface area contributed by atoms with Gasteiger partial charge in [0.05, 0.1) is 17.1 Å². The molecule has 0 spiro atoms. The van der Waals surface area contributed by atoms with Crippen molar-refractivity contribution < 1.29 is 14.3 Å². The summed E-state index contributed by atoms with van der Waals surface area (Å²) in [6, 6.07) is 2.83. The number of nitrogens with one attached hydrogen (secondary N) is 3. The molecule has 7 heteroatoms. The molecule has 0 aromatic heterocycles. The predicted molar refractivity (Wildman–Crippen MR) is 72.1 cm³/mol. The highest BCUT2D eigenvalue weighted by Gasteiger charge is 2.19. The van der Waals surface area contributed by atoms with Crippen LogP contribution in [0.4, 0.5) is 17.1 Å². The standard InChI is InChI=1S/C12H16N4O3/c1-6(12(18)14-2)15-8-4-9-10(3-7(8)13)19-5-11(17)16-9/h3-4,6,15H,5,13H2,1-2H3,(H,14,18)(H,16,17). The molecule has 2 amide bonds. The minimum absolute atomic E-state index is 0.0200. The zero-order chi connectivity index (χ0) is 14.0. The normalized spacial score (nSPS) is 14.7. The number of hydrogen-bond acceptors (Lipinski definition) is 5. The Hall–Kier alpha value is -2.44. The van der Waals surface area contributed by atoms with Crippen molar-refractivity contribution in [1.29, 1.82) is 0 Å². The lowest BCUT2D eigenvalue weighted by atomic mass is 10.2. The summed E-state index contributed by atoms with van der Waals surface area (Å²) in [6.07, 6.45) is 0. The van der Waals surface area contributed by atoms with Crippen molar-refractivity contribution in [1.82, 2.24) is 5.32 Å². The maximum absolute atomic E-state index is 11.5. The van der Waals surface area contributed by atoms with Crippen molar-refractivity contribution in [3.8, 4) is 5.75 Å². The zero-order valence-corrected chi connectivity index (χ0v) is 10.7. The molecule has 0 aliphatic carbocycles. The summed E-state index contributed by atoms with van der Waals surface area (Å²) in [4.78, 5) is 22.7. The van der Waals surface area contributed by atoms with Crippen molar-refractivity contribution in [3.05, 3.63) is 12.1 Å². The third-order valence-corrected chi connectivity index (χ3v) is 2.80. The Kier molecular flexibility index (Phi) is 3.46. The van der Waals surface area contributed by atoms with E-state index in [2.05, 4.69) is 16.0 Å². The number of nitrogens with two attached hydrogens (primary N) is 1. The fraction of sp³-hybridized carbons (Fsp3) is 0.333. The second-order valence-electron chi connectivity index (χ2n) is 4.25. The van der Waals surface area contributed by atoms with Crippen LogP contribution < -0.4 is 26.4 Å². The summed E-state index contributed by atoms with van der Waals surface area (Å²) in [5.74, 6) is 0.148. The van der Waals surface area contributed by atoms with E-state index in [1.807, 2.05) is 0 Å². The molecule has 1 unspecified atom stereocenters. The lowest BCUT2D eigenvalue weighted by Crippen LogP contribution is -2.35. The number of benzene rings is 1. The SMILES string of the molecule is CNC(=O)C(C)Nc1cc2c(cc1N)OCC(=O)N2. The third kappa shape index (κ3) is 2.70. The molecule has 7 nitrogen and oxygen atoms in total. The summed E-state index contributed by atoms with van der Waals surface area (Å²) in [7, 11) is 1.56. The number of rotatable bonds is 3. The van der Waals surface area contributed by atoms with E-state index in [-0.39, 0.29) is 18.4 Å². The predicted octanol–water partition coefficient (Wildman–Crippen LogP) is 0.146. The second-order valence-corrected chi connectivity index (χ2v) is 4.25. The molecule has 0 saturated carbocycles. The van der Waals surface area contributed by atoms with Crippen LogP contribution in [-0.4, -0.2) is 31.5 Å². The van der Waals surface area contributed by atoms with E-state index in [0.29, 0.717) is 22.8 Å². The van der Waals surface area contributed by atoms with E-state index >= 15 is 0 Å². The summed E-state index contributed by atoms with van der Waals surface area (Å²) in [5, 5.41) is 8.20. The first-order chi connectivity index (χ1) is 9.01. The topological polar surface area (TPSA) is 105 Å². The Morgan fingerprint density at radius 3 is 2.95 bits per heavy atom. The molecular weight excluding hydrogens is 248 g/mol. The molecule has 0 saturated heterocycles. The Balaban J connectivity index is 2.24. The van der Waals surface area contributed by atoms with Gasteiger partial charge in [-0.3, -0.25) is 9.59 Å². The first-order valence-corrected chi connectivity index (χ1v) is 5.85. The first kappa shape index (κ1) is 13.0.